The second kappa shape index (κ2) is 6.17. The molecule has 0 fully saturated rings. The van der Waals surface area contributed by atoms with Crippen LogP contribution >= 0.6 is 0 Å². The summed E-state index contributed by atoms with van der Waals surface area (Å²) in [7, 11) is 0. The number of hydrogen-bond acceptors (Lipinski definition) is 4. The maximum absolute atomic E-state index is 8.15. The van der Waals surface area contributed by atoms with E-state index in [-0.39, 0.29) is 11.0 Å². The van der Waals surface area contributed by atoms with Crippen molar-refractivity contribution in [1.82, 2.24) is 9.97 Å². The van der Waals surface area contributed by atoms with E-state index in [2.05, 4.69) is 30.7 Å². The number of aryl methyl sites for hydroxylation is 1. The van der Waals surface area contributed by atoms with E-state index >= 15 is 0 Å². The molecule has 6 aromatic rings. The Morgan fingerprint density at radius 3 is 2.45 bits per heavy atom. The number of benzene rings is 3. The van der Waals surface area contributed by atoms with Crippen LogP contribution in [0.4, 0.5) is 0 Å². The Hall–Kier alpha value is -3.66. The van der Waals surface area contributed by atoms with Gasteiger partial charge >= 0.3 is 0 Å². The fourth-order valence-corrected chi connectivity index (χ4v) is 4.21. The minimum absolute atomic E-state index is 0.158. The molecule has 3 aromatic heterocycles. The number of hydrogen-bond donors (Lipinski definition) is 0. The number of para-hydroxylation sites is 1. The minimum Gasteiger partial charge on any atom is -0.456 e. The van der Waals surface area contributed by atoms with Crippen molar-refractivity contribution in [2.75, 3.05) is 0 Å². The van der Waals surface area contributed by atoms with E-state index in [0.717, 1.165) is 27.6 Å². The maximum Gasteiger partial charge on any atom is 0.145 e. The first-order valence-electron chi connectivity index (χ1n) is 11.8. The Labute approximate surface area is 183 Å². The Bertz CT molecular complexity index is 1740. The maximum atomic E-state index is 8.15. The topological polar surface area (TPSA) is 52.1 Å². The summed E-state index contributed by atoms with van der Waals surface area (Å²) in [6, 6.07) is 17.0. The Kier molecular flexibility index (Phi) is 3.02. The summed E-state index contributed by atoms with van der Waals surface area (Å²) >= 11 is 0. The van der Waals surface area contributed by atoms with E-state index in [1.807, 2.05) is 42.5 Å². The van der Waals surface area contributed by atoms with Crippen molar-refractivity contribution < 1.29 is 12.9 Å². The smallest absolute Gasteiger partial charge is 0.145 e. The summed E-state index contributed by atoms with van der Waals surface area (Å²) in [5.41, 5.74) is 4.97. The van der Waals surface area contributed by atoms with Gasteiger partial charge in [-0.05, 0) is 42.7 Å². The van der Waals surface area contributed by atoms with Crippen LogP contribution in [0.15, 0.2) is 69.8 Å². The van der Waals surface area contributed by atoms with Crippen molar-refractivity contribution in [3.8, 4) is 11.3 Å². The number of furan rings is 2. The highest BCUT2D eigenvalue weighted by molar-refractivity contribution is 6.17. The van der Waals surface area contributed by atoms with Gasteiger partial charge in [-0.1, -0.05) is 45.0 Å². The molecule has 3 aromatic carbocycles. The molecule has 0 atom stereocenters. The lowest BCUT2D eigenvalue weighted by Crippen LogP contribution is -2.13. The van der Waals surface area contributed by atoms with Gasteiger partial charge < -0.3 is 8.83 Å². The lowest BCUT2D eigenvalue weighted by atomic mass is 9.91. The van der Waals surface area contributed by atoms with Gasteiger partial charge in [0.2, 0.25) is 0 Å². The highest BCUT2D eigenvalue weighted by Gasteiger charge is 2.20. The molecule has 0 saturated heterocycles. The molecular weight excluding hydrogens is 384 g/mol. The first-order valence-corrected chi connectivity index (χ1v) is 10.3. The molecule has 0 aliphatic carbocycles. The normalized spacial score (nSPS) is 14.4. The van der Waals surface area contributed by atoms with E-state index in [1.54, 1.807) is 18.5 Å². The lowest BCUT2D eigenvalue weighted by Gasteiger charge is -2.17. The fourth-order valence-electron chi connectivity index (χ4n) is 4.21. The van der Waals surface area contributed by atoms with E-state index in [1.165, 1.54) is 0 Å². The van der Waals surface area contributed by atoms with Gasteiger partial charge in [0, 0.05) is 42.3 Å². The molecule has 152 valence electrons. The van der Waals surface area contributed by atoms with Gasteiger partial charge in [0.15, 0.2) is 0 Å². The van der Waals surface area contributed by atoms with Crippen molar-refractivity contribution in [3.63, 3.8) is 0 Å². The summed E-state index contributed by atoms with van der Waals surface area (Å²) in [6.07, 6.45) is 1.54. The number of fused-ring (bicyclic) bond motifs is 6. The van der Waals surface area contributed by atoms with Gasteiger partial charge in [0.1, 0.15) is 28.7 Å². The quantitative estimate of drug-likeness (QED) is 0.281. The summed E-state index contributed by atoms with van der Waals surface area (Å²) in [5, 5.41) is 3.18. The Balaban J connectivity index is 1.71. The molecule has 0 bridgehead atoms. The van der Waals surface area contributed by atoms with Crippen LogP contribution in [-0.4, -0.2) is 9.97 Å². The third kappa shape index (κ3) is 2.68. The molecular formula is C27H22N2O2. The molecule has 4 heteroatoms. The van der Waals surface area contributed by atoms with Crippen LogP contribution in [0, 0.1) is 6.85 Å². The third-order valence-electron chi connectivity index (χ3n) is 5.83. The first kappa shape index (κ1) is 15.2. The zero-order chi connectivity index (χ0) is 23.8. The second-order valence-corrected chi connectivity index (χ2v) is 8.95. The van der Waals surface area contributed by atoms with Gasteiger partial charge in [-0.25, -0.2) is 9.97 Å². The van der Waals surface area contributed by atoms with Crippen LogP contribution in [0.2, 0.25) is 0 Å². The minimum atomic E-state index is -2.31. The highest BCUT2D eigenvalue weighted by atomic mass is 16.3. The molecule has 4 nitrogen and oxygen atoms in total. The number of nitrogens with zero attached hydrogens (tertiary/aromatic N) is 2. The Morgan fingerprint density at radius 2 is 1.61 bits per heavy atom. The third-order valence-corrected chi connectivity index (χ3v) is 5.83. The van der Waals surface area contributed by atoms with Gasteiger partial charge in [-0.3, -0.25) is 0 Å². The fraction of sp³-hybridized carbons (Fsp3) is 0.185. The van der Waals surface area contributed by atoms with Crippen molar-refractivity contribution in [3.05, 3.63) is 72.2 Å². The van der Waals surface area contributed by atoms with Crippen molar-refractivity contribution in [2.45, 2.75) is 33.0 Å². The van der Waals surface area contributed by atoms with Crippen LogP contribution in [-0.2, 0) is 5.41 Å². The van der Waals surface area contributed by atoms with Crippen LogP contribution in [0.5, 0.6) is 0 Å². The molecule has 3 heterocycles. The molecule has 0 unspecified atom stereocenters. The van der Waals surface area contributed by atoms with Crippen molar-refractivity contribution in [2.24, 2.45) is 0 Å². The van der Waals surface area contributed by atoms with Crippen LogP contribution < -0.4 is 0 Å². The summed E-state index contributed by atoms with van der Waals surface area (Å²) in [5.74, 6) is 0. The monoisotopic (exact) mass is 409 g/mol. The number of rotatable bonds is 1. The molecule has 0 N–H and O–H groups in total. The van der Waals surface area contributed by atoms with Crippen molar-refractivity contribution >= 4 is 43.9 Å². The van der Waals surface area contributed by atoms with E-state index in [4.69, 9.17) is 12.9 Å². The molecule has 6 rings (SSSR count). The van der Waals surface area contributed by atoms with Crippen LogP contribution in [0.1, 0.15) is 36.1 Å². The zero-order valence-electron chi connectivity index (χ0n) is 20.5. The molecule has 0 aliphatic rings. The summed E-state index contributed by atoms with van der Waals surface area (Å²) < 4.78 is 36.9. The van der Waals surface area contributed by atoms with E-state index < -0.39 is 6.85 Å². The first-order chi connectivity index (χ1) is 16.1. The highest BCUT2D eigenvalue weighted by Crippen LogP contribution is 2.41. The van der Waals surface area contributed by atoms with Crippen molar-refractivity contribution in [1.29, 1.82) is 0 Å². The zero-order valence-corrected chi connectivity index (χ0v) is 17.5. The predicted molar refractivity (Wildman–Crippen MR) is 125 cm³/mol. The van der Waals surface area contributed by atoms with Gasteiger partial charge in [-0.2, -0.15) is 0 Å². The SMILES string of the molecule is [2H]C([2H])([2H])c1ccc(-c2cc(C(C)(C)C)ncn2)c2oc3cc4c(cc3c12)oc1ccccc14. The second-order valence-electron chi connectivity index (χ2n) is 8.95. The summed E-state index contributed by atoms with van der Waals surface area (Å²) in [6.45, 7) is 3.96. The average Bonchev–Trinajstić information content (AvgIpc) is 3.33. The molecule has 31 heavy (non-hydrogen) atoms. The van der Waals surface area contributed by atoms with Gasteiger partial charge in [-0.15, -0.1) is 0 Å². The standard InChI is InChI=1S/C27H22N2O2/c1-15-9-10-17(20-13-24(27(2,3)4)29-14-28-20)26-25(15)19-12-22-18(11-23(19)31-26)16-7-5-6-8-21(16)30-22/h5-14H,1-4H3/i1D3. The molecule has 0 radical (unpaired) electrons. The van der Waals surface area contributed by atoms with Gasteiger partial charge in [0.05, 0.1) is 5.69 Å². The average molecular weight is 410 g/mol. The molecule has 0 amide bonds. The van der Waals surface area contributed by atoms with Crippen LogP contribution in [0.25, 0.3) is 55.1 Å². The van der Waals surface area contributed by atoms with E-state index in [9.17, 15) is 0 Å². The van der Waals surface area contributed by atoms with E-state index in [0.29, 0.717) is 33.2 Å². The van der Waals surface area contributed by atoms with Gasteiger partial charge in [0.25, 0.3) is 0 Å². The van der Waals surface area contributed by atoms with Crippen LogP contribution in [0.3, 0.4) is 0 Å². The Morgan fingerprint density at radius 1 is 0.806 bits per heavy atom. The number of aromatic nitrogens is 2. The largest absolute Gasteiger partial charge is 0.456 e. The molecule has 0 spiro atoms. The molecule has 0 saturated carbocycles. The predicted octanol–water partition coefficient (Wildman–Crippen LogP) is 7.55. The summed E-state index contributed by atoms with van der Waals surface area (Å²) in [4.78, 5) is 8.92. The molecule has 0 aliphatic heterocycles. The lowest BCUT2D eigenvalue weighted by molar-refractivity contribution is 0.567.